The molecule has 1 atom stereocenters. The number of nitrogens with one attached hydrogen (secondary N) is 1. The maximum absolute atomic E-state index is 13.5. The molecule has 1 saturated heterocycles. The minimum Gasteiger partial charge on any atom is -0.387 e. The number of oxime groups is 1. The Kier molecular flexibility index (Phi) is 5.52. The van der Waals surface area contributed by atoms with Gasteiger partial charge in [-0.25, -0.2) is 12.8 Å². The highest BCUT2D eigenvalue weighted by Gasteiger charge is 2.47. The molecule has 1 fully saturated rings. The van der Waals surface area contributed by atoms with Gasteiger partial charge < -0.3 is 10.2 Å². The molecule has 1 N–H and O–H groups in total. The maximum Gasteiger partial charge on any atom is 0.269 e. The largest absolute Gasteiger partial charge is 0.387 e. The SMILES string of the molecule is O=C(NCc1cccnc1)C1=NOC2(CCCN(S(=O)(=O)c3cccc(F)c3)C2)C1. The summed E-state index contributed by atoms with van der Waals surface area (Å²) < 4.78 is 40.7. The van der Waals surface area contributed by atoms with Crippen LogP contribution in [-0.4, -0.2) is 48.0 Å². The number of nitrogens with zero attached hydrogens (tertiary/aromatic N) is 3. The monoisotopic (exact) mass is 432 g/mol. The Bertz CT molecular complexity index is 1080. The number of rotatable bonds is 5. The van der Waals surface area contributed by atoms with Gasteiger partial charge in [0.05, 0.1) is 11.4 Å². The zero-order valence-electron chi connectivity index (χ0n) is 16.1. The first-order valence-corrected chi connectivity index (χ1v) is 11.0. The lowest BCUT2D eigenvalue weighted by Gasteiger charge is -2.37. The number of halogens is 1. The first-order valence-electron chi connectivity index (χ1n) is 9.56. The van der Waals surface area contributed by atoms with E-state index < -0.39 is 21.4 Å². The molecule has 2 aliphatic heterocycles. The maximum atomic E-state index is 13.5. The second-order valence-electron chi connectivity index (χ2n) is 7.43. The summed E-state index contributed by atoms with van der Waals surface area (Å²) >= 11 is 0. The van der Waals surface area contributed by atoms with Crippen molar-refractivity contribution in [3.05, 3.63) is 60.2 Å². The number of carbonyl (C=O) groups is 1. The Hall–Kier alpha value is -2.85. The summed E-state index contributed by atoms with van der Waals surface area (Å²) in [6.45, 7) is 0.653. The highest BCUT2D eigenvalue weighted by atomic mass is 32.2. The van der Waals surface area contributed by atoms with Crippen LogP contribution in [0.3, 0.4) is 0 Å². The van der Waals surface area contributed by atoms with Gasteiger partial charge in [0.15, 0.2) is 5.60 Å². The molecular formula is C20H21FN4O4S. The van der Waals surface area contributed by atoms with Gasteiger partial charge in [-0.05, 0) is 42.7 Å². The molecule has 1 aromatic carbocycles. The van der Waals surface area contributed by atoms with Crippen LogP contribution < -0.4 is 5.32 Å². The number of piperidine rings is 1. The van der Waals surface area contributed by atoms with Crippen LogP contribution in [0.2, 0.25) is 0 Å². The first-order chi connectivity index (χ1) is 14.4. The molecule has 0 saturated carbocycles. The first kappa shape index (κ1) is 20.4. The molecule has 8 nitrogen and oxygen atoms in total. The number of hydrogen-bond acceptors (Lipinski definition) is 6. The van der Waals surface area contributed by atoms with Gasteiger partial charge in [0.1, 0.15) is 11.5 Å². The van der Waals surface area contributed by atoms with Crippen LogP contribution in [-0.2, 0) is 26.2 Å². The van der Waals surface area contributed by atoms with E-state index in [1.54, 1.807) is 18.5 Å². The van der Waals surface area contributed by atoms with Crippen molar-refractivity contribution in [2.75, 3.05) is 13.1 Å². The van der Waals surface area contributed by atoms with Crippen LogP contribution in [0.5, 0.6) is 0 Å². The average molecular weight is 432 g/mol. The lowest BCUT2D eigenvalue weighted by atomic mass is 9.89. The molecule has 158 valence electrons. The van der Waals surface area contributed by atoms with Crippen molar-refractivity contribution in [1.29, 1.82) is 0 Å². The number of pyridine rings is 1. The van der Waals surface area contributed by atoms with Crippen LogP contribution in [0.1, 0.15) is 24.8 Å². The van der Waals surface area contributed by atoms with E-state index in [-0.39, 0.29) is 29.5 Å². The molecule has 3 heterocycles. The van der Waals surface area contributed by atoms with Gasteiger partial charge in [0.25, 0.3) is 5.91 Å². The van der Waals surface area contributed by atoms with Gasteiger partial charge in [-0.1, -0.05) is 17.3 Å². The van der Waals surface area contributed by atoms with Gasteiger partial charge in [-0.15, -0.1) is 0 Å². The Morgan fingerprint density at radius 3 is 2.93 bits per heavy atom. The summed E-state index contributed by atoms with van der Waals surface area (Å²) in [4.78, 5) is 21.9. The molecule has 0 aliphatic carbocycles. The molecule has 0 radical (unpaired) electrons. The summed E-state index contributed by atoms with van der Waals surface area (Å²) in [6.07, 6.45) is 4.64. The van der Waals surface area contributed by atoms with E-state index >= 15 is 0 Å². The van der Waals surface area contributed by atoms with Crippen molar-refractivity contribution in [2.45, 2.75) is 36.3 Å². The Balaban J connectivity index is 1.42. The number of hydrogen-bond donors (Lipinski definition) is 1. The van der Waals surface area contributed by atoms with Gasteiger partial charge in [0, 0.05) is 31.9 Å². The van der Waals surface area contributed by atoms with E-state index in [4.69, 9.17) is 4.84 Å². The zero-order chi connectivity index (χ0) is 21.2. The fourth-order valence-corrected chi connectivity index (χ4v) is 5.27. The summed E-state index contributed by atoms with van der Waals surface area (Å²) in [5, 5.41) is 6.71. The van der Waals surface area contributed by atoms with E-state index in [2.05, 4.69) is 15.5 Å². The molecule has 10 heteroatoms. The van der Waals surface area contributed by atoms with Crippen molar-refractivity contribution in [2.24, 2.45) is 5.16 Å². The third kappa shape index (κ3) is 4.19. The average Bonchev–Trinajstić information content (AvgIpc) is 3.16. The van der Waals surface area contributed by atoms with Crippen LogP contribution in [0, 0.1) is 5.82 Å². The molecule has 1 amide bonds. The highest BCUT2D eigenvalue weighted by molar-refractivity contribution is 7.89. The predicted molar refractivity (Wildman–Crippen MR) is 106 cm³/mol. The van der Waals surface area contributed by atoms with Crippen molar-refractivity contribution in [3.63, 3.8) is 0 Å². The summed E-state index contributed by atoms with van der Waals surface area (Å²) in [5.74, 6) is -0.975. The van der Waals surface area contributed by atoms with E-state index in [1.807, 2.05) is 6.07 Å². The third-order valence-corrected chi connectivity index (χ3v) is 7.06. The van der Waals surface area contributed by atoms with E-state index in [1.165, 1.54) is 22.5 Å². The van der Waals surface area contributed by atoms with Crippen LogP contribution in [0.15, 0.2) is 58.8 Å². The molecule has 1 aromatic heterocycles. The van der Waals surface area contributed by atoms with Crippen molar-refractivity contribution in [3.8, 4) is 0 Å². The fraction of sp³-hybridized carbons (Fsp3) is 0.350. The molecule has 1 spiro atoms. The van der Waals surface area contributed by atoms with Gasteiger partial charge in [-0.2, -0.15) is 4.31 Å². The molecule has 0 bridgehead atoms. The number of aromatic nitrogens is 1. The zero-order valence-corrected chi connectivity index (χ0v) is 16.9. The van der Waals surface area contributed by atoms with E-state index in [9.17, 15) is 17.6 Å². The van der Waals surface area contributed by atoms with Gasteiger partial charge >= 0.3 is 0 Å². The number of carbonyl (C=O) groups excluding carboxylic acids is 1. The molecular weight excluding hydrogens is 411 g/mol. The Morgan fingerprint density at radius 1 is 1.30 bits per heavy atom. The topological polar surface area (TPSA) is 101 Å². The van der Waals surface area contributed by atoms with Gasteiger partial charge in [-0.3, -0.25) is 9.78 Å². The Labute approximate surface area is 173 Å². The molecule has 30 heavy (non-hydrogen) atoms. The summed E-state index contributed by atoms with van der Waals surface area (Å²) in [5.41, 5.74) is 0.189. The smallest absolute Gasteiger partial charge is 0.269 e. The second-order valence-corrected chi connectivity index (χ2v) is 9.37. The lowest BCUT2D eigenvalue weighted by Crippen LogP contribution is -2.50. The third-order valence-electron chi connectivity index (χ3n) is 5.22. The van der Waals surface area contributed by atoms with Crippen LogP contribution in [0.4, 0.5) is 4.39 Å². The second kappa shape index (κ2) is 8.11. The Morgan fingerprint density at radius 2 is 2.17 bits per heavy atom. The van der Waals surface area contributed by atoms with Crippen molar-refractivity contribution in [1.82, 2.24) is 14.6 Å². The molecule has 2 aliphatic rings. The quantitative estimate of drug-likeness (QED) is 0.777. The van der Waals surface area contributed by atoms with E-state index in [0.29, 0.717) is 25.9 Å². The van der Waals surface area contributed by atoms with Crippen LogP contribution in [0.25, 0.3) is 0 Å². The molecule has 4 rings (SSSR count). The van der Waals surface area contributed by atoms with Crippen LogP contribution >= 0.6 is 0 Å². The van der Waals surface area contributed by atoms with Gasteiger partial charge in [0.2, 0.25) is 10.0 Å². The predicted octanol–water partition coefficient (Wildman–Crippen LogP) is 1.84. The standard InChI is InChI=1S/C20H21FN4O4S/c21-16-5-1-6-17(10-16)30(27,28)25-9-3-7-20(14-25)11-18(24-29-20)19(26)23-13-15-4-2-8-22-12-15/h1-2,4-6,8,10,12H,3,7,9,11,13-14H2,(H,23,26). The number of amides is 1. The number of benzene rings is 1. The summed E-state index contributed by atoms with van der Waals surface area (Å²) in [6, 6.07) is 8.55. The summed E-state index contributed by atoms with van der Waals surface area (Å²) in [7, 11) is -3.88. The number of sulfonamides is 1. The van der Waals surface area contributed by atoms with E-state index in [0.717, 1.165) is 11.6 Å². The van der Waals surface area contributed by atoms with Crippen molar-refractivity contribution < 1.29 is 22.4 Å². The minimum absolute atomic E-state index is 0.0503. The molecule has 1 unspecified atom stereocenters. The molecule has 2 aromatic rings. The highest BCUT2D eigenvalue weighted by Crippen LogP contribution is 2.35. The lowest BCUT2D eigenvalue weighted by molar-refractivity contribution is -0.115. The fourth-order valence-electron chi connectivity index (χ4n) is 3.69. The normalized spacial score (nSPS) is 21.8. The van der Waals surface area contributed by atoms with Crippen molar-refractivity contribution >= 4 is 21.6 Å². The minimum atomic E-state index is -3.88.